The molecule has 0 aromatic heterocycles. The zero-order valence-corrected chi connectivity index (χ0v) is 41.2. The van der Waals surface area contributed by atoms with Crippen molar-refractivity contribution in [3.05, 3.63) is 60.8 Å². The van der Waals surface area contributed by atoms with Crippen LogP contribution in [0.5, 0.6) is 0 Å². The van der Waals surface area contributed by atoms with E-state index in [1.165, 1.54) is 135 Å². The molecule has 0 saturated heterocycles. The largest absolute Gasteiger partial charge is 0.756 e. The van der Waals surface area contributed by atoms with Crippen LogP contribution in [0.1, 0.15) is 213 Å². The standard InChI is InChI=1S/C52H97N2O6P/c1-6-8-10-12-14-16-18-19-20-21-22-23-24-25-26-27-28-29-30-31-32-33-34-35-36-38-40-42-44-46-52(56)53-50(49-60-61(57,58)59-48-47-54(3,4)5)51(55)45-43-41-39-37-17-15-13-11-9-7-2/h9,11,17,22-23,25-26,37,43,45,50-51,55H,6-8,10,12-16,18-21,24,27-36,38-42,44,46-49H2,1-5H3,(H-,53,56,57,58)/b11-9+,23-22-,26-25-,37-17+,45-43+. The Morgan fingerprint density at radius 2 is 1.02 bits per heavy atom. The van der Waals surface area contributed by atoms with E-state index in [1.54, 1.807) is 6.08 Å². The number of allylic oxidation sites excluding steroid dienone is 9. The minimum Gasteiger partial charge on any atom is -0.756 e. The number of hydrogen-bond donors (Lipinski definition) is 2. The number of carbonyl (C=O) groups excluding carboxylic acids is 1. The Bertz CT molecular complexity index is 1180. The van der Waals surface area contributed by atoms with Gasteiger partial charge in [0.25, 0.3) is 7.82 Å². The predicted octanol–water partition coefficient (Wildman–Crippen LogP) is 14.0. The molecule has 0 heterocycles. The first-order valence-electron chi connectivity index (χ1n) is 25.2. The highest BCUT2D eigenvalue weighted by molar-refractivity contribution is 7.45. The molecule has 2 N–H and O–H groups in total. The van der Waals surface area contributed by atoms with Gasteiger partial charge in [0, 0.05) is 6.42 Å². The van der Waals surface area contributed by atoms with Gasteiger partial charge in [-0.05, 0) is 70.6 Å². The highest BCUT2D eigenvalue weighted by Crippen LogP contribution is 2.38. The van der Waals surface area contributed by atoms with Crippen LogP contribution in [0, 0.1) is 0 Å². The van der Waals surface area contributed by atoms with Crippen molar-refractivity contribution in [1.82, 2.24) is 5.32 Å². The van der Waals surface area contributed by atoms with Crippen LogP contribution in [0.3, 0.4) is 0 Å². The molecule has 0 aromatic carbocycles. The zero-order valence-electron chi connectivity index (χ0n) is 40.4. The van der Waals surface area contributed by atoms with Gasteiger partial charge in [-0.25, -0.2) is 0 Å². The van der Waals surface area contributed by atoms with E-state index in [-0.39, 0.29) is 12.5 Å². The second-order valence-corrected chi connectivity index (χ2v) is 19.5. The molecule has 1 amide bonds. The van der Waals surface area contributed by atoms with Crippen molar-refractivity contribution in [2.75, 3.05) is 40.9 Å². The van der Waals surface area contributed by atoms with Crippen molar-refractivity contribution in [2.45, 2.75) is 225 Å². The lowest BCUT2D eigenvalue weighted by atomic mass is 10.0. The average Bonchev–Trinajstić information content (AvgIpc) is 3.21. The molecule has 0 spiro atoms. The molecule has 356 valence electrons. The van der Waals surface area contributed by atoms with Crippen molar-refractivity contribution in [1.29, 1.82) is 0 Å². The number of unbranched alkanes of at least 4 members (excludes halogenated alkanes) is 24. The third-order valence-corrected chi connectivity index (χ3v) is 11.9. The first-order valence-corrected chi connectivity index (χ1v) is 26.6. The molecule has 0 radical (unpaired) electrons. The van der Waals surface area contributed by atoms with Crippen molar-refractivity contribution in [2.24, 2.45) is 0 Å². The Morgan fingerprint density at radius 1 is 0.590 bits per heavy atom. The van der Waals surface area contributed by atoms with Gasteiger partial charge in [-0.2, -0.15) is 0 Å². The summed E-state index contributed by atoms with van der Waals surface area (Å²) in [5, 5.41) is 13.7. The minimum absolute atomic E-state index is 0.0111. The maximum absolute atomic E-state index is 12.9. The summed E-state index contributed by atoms with van der Waals surface area (Å²) in [6.07, 6.45) is 57.4. The number of nitrogens with zero attached hydrogens (tertiary/aromatic N) is 1. The van der Waals surface area contributed by atoms with Crippen LogP contribution < -0.4 is 10.2 Å². The van der Waals surface area contributed by atoms with Gasteiger partial charge in [-0.15, -0.1) is 0 Å². The summed E-state index contributed by atoms with van der Waals surface area (Å²) in [6, 6.07) is -0.910. The quantitative estimate of drug-likeness (QED) is 0.0273. The van der Waals surface area contributed by atoms with Crippen LogP contribution in [0.25, 0.3) is 0 Å². The molecule has 0 aliphatic heterocycles. The molecule has 0 aromatic rings. The van der Waals surface area contributed by atoms with Crippen LogP contribution in [0.4, 0.5) is 0 Å². The van der Waals surface area contributed by atoms with Gasteiger partial charge in [-0.1, -0.05) is 197 Å². The Labute approximate surface area is 377 Å². The van der Waals surface area contributed by atoms with E-state index < -0.39 is 26.6 Å². The van der Waals surface area contributed by atoms with Crippen LogP contribution in [-0.2, 0) is 18.4 Å². The molecule has 3 atom stereocenters. The summed E-state index contributed by atoms with van der Waals surface area (Å²) < 4.78 is 23.1. The number of hydrogen-bond acceptors (Lipinski definition) is 6. The van der Waals surface area contributed by atoms with Crippen LogP contribution in [0.2, 0.25) is 0 Å². The van der Waals surface area contributed by atoms with Crippen molar-refractivity contribution >= 4 is 13.7 Å². The van der Waals surface area contributed by atoms with E-state index in [4.69, 9.17) is 9.05 Å². The average molecular weight is 877 g/mol. The van der Waals surface area contributed by atoms with E-state index in [9.17, 15) is 19.4 Å². The molecule has 0 fully saturated rings. The summed E-state index contributed by atoms with van der Waals surface area (Å²) in [7, 11) is 1.23. The lowest BCUT2D eigenvalue weighted by Crippen LogP contribution is -2.45. The number of aliphatic hydroxyl groups is 1. The summed E-state index contributed by atoms with van der Waals surface area (Å²) in [4.78, 5) is 25.3. The Kier molecular flexibility index (Phi) is 42.2. The number of carbonyl (C=O) groups is 1. The van der Waals surface area contributed by atoms with Crippen LogP contribution >= 0.6 is 7.82 Å². The van der Waals surface area contributed by atoms with Gasteiger partial charge in [-0.3, -0.25) is 9.36 Å². The van der Waals surface area contributed by atoms with Gasteiger partial charge in [0.15, 0.2) is 0 Å². The normalized spacial score (nSPS) is 14.7. The number of nitrogens with one attached hydrogen (secondary N) is 1. The van der Waals surface area contributed by atoms with Gasteiger partial charge in [0.05, 0.1) is 39.9 Å². The Morgan fingerprint density at radius 3 is 1.49 bits per heavy atom. The van der Waals surface area contributed by atoms with Crippen molar-refractivity contribution in [3.8, 4) is 0 Å². The lowest BCUT2D eigenvalue weighted by molar-refractivity contribution is -0.870. The van der Waals surface area contributed by atoms with E-state index in [0.717, 1.165) is 57.8 Å². The molecule has 9 heteroatoms. The molecule has 0 bridgehead atoms. The first kappa shape index (κ1) is 59.2. The second kappa shape index (κ2) is 43.5. The Hall–Kier alpha value is -1.80. The monoisotopic (exact) mass is 877 g/mol. The third kappa shape index (κ3) is 46.0. The second-order valence-electron chi connectivity index (χ2n) is 18.1. The maximum atomic E-state index is 12.9. The number of phosphoric ester groups is 1. The molecule has 0 aliphatic rings. The molecule has 0 saturated carbocycles. The highest BCUT2D eigenvalue weighted by atomic mass is 31.2. The van der Waals surface area contributed by atoms with E-state index in [1.807, 2.05) is 27.2 Å². The van der Waals surface area contributed by atoms with E-state index in [2.05, 4.69) is 67.8 Å². The fraction of sp³-hybridized carbons (Fsp3) is 0.788. The molecule has 3 unspecified atom stereocenters. The number of aliphatic hydroxyl groups excluding tert-OH is 1. The van der Waals surface area contributed by atoms with E-state index >= 15 is 0 Å². The minimum atomic E-state index is -4.60. The van der Waals surface area contributed by atoms with Crippen LogP contribution in [-0.4, -0.2) is 68.5 Å². The van der Waals surface area contributed by atoms with Gasteiger partial charge < -0.3 is 28.8 Å². The first-order chi connectivity index (χ1) is 29.5. The number of rotatable bonds is 45. The summed E-state index contributed by atoms with van der Waals surface area (Å²) in [6.45, 7) is 4.49. The fourth-order valence-corrected chi connectivity index (χ4v) is 7.71. The summed E-state index contributed by atoms with van der Waals surface area (Å²) in [5.41, 5.74) is 0. The number of likely N-dealkylation sites (N-methyl/N-ethyl adjacent to an activating group) is 1. The van der Waals surface area contributed by atoms with Crippen molar-refractivity contribution in [3.63, 3.8) is 0 Å². The molecule has 0 rings (SSSR count). The van der Waals surface area contributed by atoms with Crippen molar-refractivity contribution < 1.29 is 32.9 Å². The van der Waals surface area contributed by atoms with Gasteiger partial charge >= 0.3 is 0 Å². The number of quaternary nitrogens is 1. The lowest BCUT2D eigenvalue weighted by Gasteiger charge is -2.29. The number of amides is 1. The maximum Gasteiger partial charge on any atom is 0.268 e. The Balaban J connectivity index is 4.10. The third-order valence-electron chi connectivity index (χ3n) is 10.9. The summed E-state index contributed by atoms with van der Waals surface area (Å²) in [5.74, 6) is -0.216. The molecule has 0 aliphatic carbocycles. The SMILES string of the molecule is CC/C=C/CC/C=C/CC/C=C/C(O)C(COP(=O)([O-])OCC[N+](C)(C)C)NC(=O)CCCCCCCCCCCCCCC/C=C\C/C=C\CCCCCCCCCCC. The molecule has 8 nitrogen and oxygen atoms in total. The van der Waals surface area contributed by atoms with Gasteiger partial charge in [0.1, 0.15) is 13.2 Å². The highest BCUT2D eigenvalue weighted by Gasteiger charge is 2.23. The predicted molar refractivity (Wildman–Crippen MR) is 261 cm³/mol. The van der Waals surface area contributed by atoms with Crippen LogP contribution in [0.15, 0.2) is 60.8 Å². The van der Waals surface area contributed by atoms with Gasteiger partial charge in [0.2, 0.25) is 5.91 Å². The fourth-order valence-electron chi connectivity index (χ4n) is 6.99. The zero-order chi connectivity index (χ0) is 45.0. The molecular weight excluding hydrogens is 780 g/mol. The number of phosphoric acid groups is 1. The van der Waals surface area contributed by atoms with E-state index in [0.29, 0.717) is 17.4 Å². The molecule has 61 heavy (non-hydrogen) atoms. The molecular formula is C52H97N2O6P. The summed E-state index contributed by atoms with van der Waals surface area (Å²) >= 11 is 0. The topological polar surface area (TPSA) is 108 Å². The smallest absolute Gasteiger partial charge is 0.268 e.